The van der Waals surface area contributed by atoms with Gasteiger partial charge in [0.05, 0.1) is 0 Å². The molecule has 0 radical (unpaired) electrons. The minimum atomic E-state index is 1.17. The highest BCUT2D eigenvalue weighted by Gasteiger charge is 1.97. The molecule has 1 rings (SSSR count). The van der Waals surface area contributed by atoms with Crippen LogP contribution in [0.1, 0.15) is 43.7 Å². The van der Waals surface area contributed by atoms with Crippen molar-refractivity contribution in [2.24, 2.45) is 0 Å². The number of aryl methyl sites for hydroxylation is 1. The number of hydrogen-bond donors (Lipinski definition) is 0. The molecule has 0 aliphatic heterocycles. The van der Waals surface area contributed by atoms with Gasteiger partial charge in [-0.1, -0.05) is 62.7 Å². The molecule has 0 aliphatic rings. The van der Waals surface area contributed by atoms with Gasteiger partial charge in [-0.05, 0) is 24.0 Å². The Hall–Kier alpha value is -0.690. The molecule has 0 bridgehead atoms. The highest BCUT2D eigenvalue weighted by atomic mass is 32.1. The number of thiocarbonyl (C=S) groups is 1. The van der Waals surface area contributed by atoms with Gasteiger partial charge in [-0.15, -0.1) is 0 Å². The Morgan fingerprint density at radius 1 is 1.14 bits per heavy atom. The molecule has 0 heterocycles. The van der Waals surface area contributed by atoms with Crippen LogP contribution < -0.4 is 0 Å². The number of unbranched alkanes of at least 4 members (excludes halogenated alkanes) is 3. The Morgan fingerprint density at radius 2 is 1.93 bits per heavy atom. The van der Waals surface area contributed by atoms with Crippen LogP contribution in [0.25, 0.3) is 0 Å². The summed E-state index contributed by atoms with van der Waals surface area (Å²) in [7, 11) is 0. The SMILES string of the molecule is CCCCCCc1ccccc1C=S. The van der Waals surface area contributed by atoms with Gasteiger partial charge in [0.25, 0.3) is 0 Å². The molecule has 14 heavy (non-hydrogen) atoms. The van der Waals surface area contributed by atoms with E-state index in [9.17, 15) is 0 Å². The van der Waals surface area contributed by atoms with Crippen molar-refractivity contribution in [3.05, 3.63) is 35.4 Å². The largest absolute Gasteiger partial charge is 0.0881 e. The Bertz CT molecular complexity index is 278. The third-order valence-corrected chi connectivity index (χ3v) is 2.74. The first-order valence-electron chi connectivity index (χ1n) is 5.41. The summed E-state index contributed by atoms with van der Waals surface area (Å²) in [5.41, 5.74) is 2.62. The average molecular weight is 206 g/mol. The summed E-state index contributed by atoms with van der Waals surface area (Å²) in [6.07, 6.45) is 6.44. The Balaban J connectivity index is 2.45. The van der Waals surface area contributed by atoms with Gasteiger partial charge in [0.2, 0.25) is 0 Å². The fourth-order valence-electron chi connectivity index (χ4n) is 1.62. The third kappa shape index (κ3) is 3.59. The smallest absolute Gasteiger partial charge is 0.00888 e. The zero-order chi connectivity index (χ0) is 10.2. The summed E-state index contributed by atoms with van der Waals surface area (Å²) in [5, 5.41) is 1.79. The molecule has 0 nitrogen and oxygen atoms in total. The van der Waals surface area contributed by atoms with E-state index in [2.05, 4.69) is 25.1 Å². The van der Waals surface area contributed by atoms with E-state index in [1.54, 1.807) is 5.37 Å². The minimum absolute atomic E-state index is 1.17. The van der Waals surface area contributed by atoms with Gasteiger partial charge < -0.3 is 0 Å². The molecule has 0 aromatic heterocycles. The summed E-state index contributed by atoms with van der Waals surface area (Å²) in [6.45, 7) is 2.24. The van der Waals surface area contributed by atoms with Crippen LogP contribution in [0.3, 0.4) is 0 Å². The summed E-state index contributed by atoms with van der Waals surface area (Å²) in [5.74, 6) is 0. The van der Waals surface area contributed by atoms with E-state index in [1.807, 2.05) is 6.07 Å². The van der Waals surface area contributed by atoms with Crippen molar-refractivity contribution in [3.8, 4) is 0 Å². The predicted molar refractivity (Wildman–Crippen MR) is 67.0 cm³/mol. The van der Waals surface area contributed by atoms with Crippen molar-refractivity contribution >= 4 is 17.6 Å². The Labute approximate surface area is 92.3 Å². The summed E-state index contributed by atoms with van der Waals surface area (Å²) in [4.78, 5) is 0. The molecule has 76 valence electrons. The van der Waals surface area contributed by atoms with Gasteiger partial charge >= 0.3 is 0 Å². The molecule has 0 saturated carbocycles. The zero-order valence-corrected chi connectivity index (χ0v) is 9.65. The highest BCUT2D eigenvalue weighted by molar-refractivity contribution is 7.79. The van der Waals surface area contributed by atoms with Crippen molar-refractivity contribution < 1.29 is 0 Å². The molecule has 0 aliphatic carbocycles. The fourth-order valence-corrected chi connectivity index (χ4v) is 1.85. The summed E-state index contributed by atoms with van der Waals surface area (Å²) in [6, 6.07) is 8.43. The maximum atomic E-state index is 4.98. The monoisotopic (exact) mass is 206 g/mol. The second-order valence-electron chi connectivity index (χ2n) is 3.63. The molecule has 0 N–H and O–H groups in total. The van der Waals surface area contributed by atoms with E-state index in [0.717, 1.165) is 0 Å². The van der Waals surface area contributed by atoms with E-state index in [-0.39, 0.29) is 0 Å². The first-order valence-corrected chi connectivity index (χ1v) is 5.88. The minimum Gasteiger partial charge on any atom is -0.0881 e. The first-order chi connectivity index (χ1) is 6.88. The standard InChI is InChI=1S/C13H18S/c1-2-3-4-5-8-12-9-6-7-10-13(12)11-14/h6-7,9-11H,2-5,8H2,1H3. The van der Waals surface area contributed by atoms with Crippen LogP contribution in [0.4, 0.5) is 0 Å². The quantitative estimate of drug-likeness (QED) is 0.497. The van der Waals surface area contributed by atoms with E-state index in [0.29, 0.717) is 0 Å². The van der Waals surface area contributed by atoms with E-state index in [4.69, 9.17) is 12.2 Å². The lowest BCUT2D eigenvalue weighted by Crippen LogP contribution is -1.91. The number of rotatable bonds is 6. The lowest BCUT2D eigenvalue weighted by Gasteiger charge is -2.04. The zero-order valence-electron chi connectivity index (χ0n) is 8.83. The van der Waals surface area contributed by atoms with Crippen molar-refractivity contribution in [1.82, 2.24) is 0 Å². The predicted octanol–water partition coefficient (Wildman–Crippen LogP) is 4.16. The van der Waals surface area contributed by atoms with Crippen molar-refractivity contribution in [2.45, 2.75) is 39.0 Å². The van der Waals surface area contributed by atoms with Crippen LogP contribution in [-0.2, 0) is 6.42 Å². The van der Waals surface area contributed by atoms with Crippen LogP contribution in [0.2, 0.25) is 0 Å². The third-order valence-electron chi connectivity index (χ3n) is 2.48. The van der Waals surface area contributed by atoms with Gasteiger partial charge in [-0.2, -0.15) is 0 Å². The van der Waals surface area contributed by atoms with Gasteiger partial charge in [0.1, 0.15) is 0 Å². The molecule has 1 aromatic rings. The Morgan fingerprint density at radius 3 is 2.64 bits per heavy atom. The van der Waals surface area contributed by atoms with Crippen LogP contribution in [0.15, 0.2) is 24.3 Å². The fraction of sp³-hybridized carbons (Fsp3) is 0.462. The van der Waals surface area contributed by atoms with E-state index < -0.39 is 0 Å². The molecule has 0 fully saturated rings. The van der Waals surface area contributed by atoms with Crippen LogP contribution in [0.5, 0.6) is 0 Å². The maximum absolute atomic E-state index is 4.98. The van der Waals surface area contributed by atoms with Crippen LogP contribution >= 0.6 is 12.2 Å². The van der Waals surface area contributed by atoms with Gasteiger partial charge in [0, 0.05) is 5.37 Å². The van der Waals surface area contributed by atoms with Gasteiger partial charge in [-0.3, -0.25) is 0 Å². The normalized spacial score (nSPS) is 10.1. The highest BCUT2D eigenvalue weighted by Crippen LogP contribution is 2.11. The topological polar surface area (TPSA) is 0 Å². The van der Waals surface area contributed by atoms with Crippen molar-refractivity contribution in [3.63, 3.8) is 0 Å². The molecule has 0 saturated heterocycles. The molecule has 0 spiro atoms. The van der Waals surface area contributed by atoms with E-state index >= 15 is 0 Å². The molecule has 0 atom stereocenters. The van der Waals surface area contributed by atoms with Gasteiger partial charge in [-0.25, -0.2) is 0 Å². The molecule has 0 amide bonds. The van der Waals surface area contributed by atoms with Crippen molar-refractivity contribution in [2.75, 3.05) is 0 Å². The van der Waals surface area contributed by atoms with Gasteiger partial charge in [0.15, 0.2) is 0 Å². The van der Waals surface area contributed by atoms with E-state index in [1.165, 1.54) is 43.2 Å². The van der Waals surface area contributed by atoms with Crippen LogP contribution in [-0.4, -0.2) is 5.37 Å². The average Bonchev–Trinajstić information content (AvgIpc) is 2.25. The van der Waals surface area contributed by atoms with Crippen molar-refractivity contribution in [1.29, 1.82) is 0 Å². The van der Waals surface area contributed by atoms with Crippen LogP contribution in [0, 0.1) is 0 Å². The molecule has 1 aromatic carbocycles. The first kappa shape index (κ1) is 11.4. The number of hydrogen-bond acceptors (Lipinski definition) is 1. The maximum Gasteiger partial charge on any atom is 0.00888 e. The lowest BCUT2D eigenvalue weighted by atomic mass is 10.0. The molecular weight excluding hydrogens is 188 g/mol. The lowest BCUT2D eigenvalue weighted by molar-refractivity contribution is 0.666. The Kier molecular flexibility index (Phi) is 5.46. The molecule has 1 heteroatoms. The number of benzene rings is 1. The summed E-state index contributed by atoms with van der Waals surface area (Å²) < 4.78 is 0. The molecular formula is C13H18S. The molecule has 0 unspecified atom stereocenters. The second-order valence-corrected chi connectivity index (χ2v) is 3.86. The second kappa shape index (κ2) is 6.72. The summed E-state index contributed by atoms with van der Waals surface area (Å²) >= 11 is 4.98.